The van der Waals surface area contributed by atoms with Crippen LogP contribution in [0.3, 0.4) is 0 Å². The number of nitrogens with one attached hydrogen (secondary N) is 1. The van der Waals surface area contributed by atoms with Crippen molar-refractivity contribution in [3.63, 3.8) is 0 Å². The van der Waals surface area contributed by atoms with Crippen LogP contribution >= 0.6 is 0 Å². The number of rotatable bonds is 5. The molecule has 3 heteroatoms. The van der Waals surface area contributed by atoms with E-state index in [4.69, 9.17) is 5.90 Å². The van der Waals surface area contributed by atoms with Crippen LogP contribution in [0.2, 0.25) is 0 Å². The van der Waals surface area contributed by atoms with Crippen LogP contribution in [0, 0.1) is 46.3 Å². The van der Waals surface area contributed by atoms with Crippen LogP contribution in [0.1, 0.15) is 85.0 Å². The van der Waals surface area contributed by atoms with Crippen LogP contribution in [-0.2, 0) is 4.84 Å². The minimum absolute atomic E-state index is 0.496. The zero-order chi connectivity index (χ0) is 19.2. The van der Waals surface area contributed by atoms with Gasteiger partial charge in [-0.15, -0.1) is 0 Å². The second kappa shape index (κ2) is 7.28. The molecule has 4 aliphatic rings. The smallest absolute Gasteiger partial charge is 0.204 e. The van der Waals surface area contributed by atoms with Gasteiger partial charge in [0.05, 0.1) is 0 Å². The van der Waals surface area contributed by atoms with E-state index in [1.54, 1.807) is 0 Å². The van der Waals surface area contributed by atoms with Gasteiger partial charge in [-0.25, -0.2) is 0 Å². The molecule has 0 aliphatic heterocycles. The number of hydrogen-bond donors (Lipinski definition) is 2. The minimum Gasteiger partial charge on any atom is -0.394 e. The maximum Gasteiger partial charge on any atom is 0.204 e. The van der Waals surface area contributed by atoms with E-state index < -0.39 is 0 Å². The summed E-state index contributed by atoms with van der Waals surface area (Å²) in [4.78, 5) is 4.68. The van der Waals surface area contributed by atoms with Crippen molar-refractivity contribution in [3.8, 4) is 0 Å². The molecule has 4 fully saturated rings. The Balaban J connectivity index is 1.45. The van der Waals surface area contributed by atoms with E-state index in [0.717, 1.165) is 42.1 Å². The van der Waals surface area contributed by atoms with Crippen LogP contribution in [0.4, 0.5) is 0 Å². The zero-order valence-electron chi connectivity index (χ0n) is 17.9. The molecule has 0 bridgehead atoms. The highest BCUT2D eigenvalue weighted by Gasteiger charge is 2.59. The monoisotopic (exact) mass is 374 g/mol. The Labute approximate surface area is 166 Å². The molecule has 0 amide bonds. The van der Waals surface area contributed by atoms with E-state index >= 15 is 0 Å². The standard InChI is InChI=1S/C24H42N2O/c1-16-9-12-24(4)19(15-16)5-7-20-21-8-6-18(11-14-26-17(2)27-25)23(21,3)13-10-22(20)24/h16,18-22,26H,2,5-15,25H2,1,3-4H3. The molecule has 4 saturated carbocycles. The van der Waals surface area contributed by atoms with Crippen molar-refractivity contribution in [3.05, 3.63) is 12.5 Å². The SMILES string of the molecule is C=C(NCCC1CCC2C3CCC4CC(C)CCC4(C)C3CCC12C)ON. The highest BCUT2D eigenvalue weighted by molar-refractivity contribution is 5.09. The molecule has 4 rings (SSSR count). The summed E-state index contributed by atoms with van der Waals surface area (Å²) in [5.74, 6) is 11.5. The van der Waals surface area contributed by atoms with Gasteiger partial charge in [-0.05, 0) is 111 Å². The topological polar surface area (TPSA) is 47.3 Å². The lowest BCUT2D eigenvalue weighted by Gasteiger charge is -2.61. The molecule has 0 heterocycles. The first-order valence-electron chi connectivity index (χ1n) is 11.7. The summed E-state index contributed by atoms with van der Waals surface area (Å²) in [5, 5.41) is 3.23. The fourth-order valence-electron chi connectivity index (χ4n) is 8.48. The maximum absolute atomic E-state index is 5.18. The molecule has 4 aliphatic carbocycles. The number of nitrogens with two attached hydrogens (primary N) is 1. The average molecular weight is 375 g/mol. The molecule has 8 atom stereocenters. The van der Waals surface area contributed by atoms with Crippen LogP contribution in [0.25, 0.3) is 0 Å². The Bertz CT molecular complexity index is 563. The molecule has 0 radical (unpaired) electrons. The van der Waals surface area contributed by atoms with Gasteiger partial charge in [0.25, 0.3) is 0 Å². The molecule has 8 unspecified atom stereocenters. The van der Waals surface area contributed by atoms with Crippen molar-refractivity contribution in [1.82, 2.24) is 5.32 Å². The van der Waals surface area contributed by atoms with Crippen molar-refractivity contribution in [2.75, 3.05) is 6.54 Å². The normalized spacial score (nSPS) is 48.9. The van der Waals surface area contributed by atoms with Crippen molar-refractivity contribution < 1.29 is 4.84 Å². The Morgan fingerprint density at radius 3 is 2.56 bits per heavy atom. The van der Waals surface area contributed by atoms with Gasteiger partial charge < -0.3 is 10.2 Å². The third-order valence-corrected chi connectivity index (χ3v) is 10.1. The Morgan fingerprint density at radius 1 is 1.04 bits per heavy atom. The Morgan fingerprint density at radius 2 is 1.78 bits per heavy atom. The van der Waals surface area contributed by atoms with Gasteiger partial charge in [0.2, 0.25) is 5.88 Å². The number of hydrogen-bond acceptors (Lipinski definition) is 3. The lowest BCUT2D eigenvalue weighted by atomic mass is 9.44. The molecule has 27 heavy (non-hydrogen) atoms. The maximum atomic E-state index is 5.18. The van der Waals surface area contributed by atoms with E-state index in [1.807, 2.05) is 0 Å². The Kier molecular flexibility index (Phi) is 5.29. The fourth-order valence-corrected chi connectivity index (χ4v) is 8.48. The highest BCUT2D eigenvalue weighted by Crippen LogP contribution is 2.68. The second-order valence-electron chi connectivity index (χ2n) is 11.1. The van der Waals surface area contributed by atoms with Crippen molar-refractivity contribution >= 4 is 0 Å². The Hall–Kier alpha value is -0.700. The van der Waals surface area contributed by atoms with Gasteiger partial charge >= 0.3 is 0 Å². The van der Waals surface area contributed by atoms with Crippen LogP contribution in [0.5, 0.6) is 0 Å². The summed E-state index contributed by atoms with van der Waals surface area (Å²) < 4.78 is 0. The molecule has 154 valence electrons. The molecule has 0 aromatic carbocycles. The molecule has 0 saturated heterocycles. The zero-order valence-corrected chi connectivity index (χ0v) is 17.9. The summed E-state index contributed by atoms with van der Waals surface area (Å²) in [6, 6.07) is 0. The quantitative estimate of drug-likeness (QED) is 0.485. The molecule has 0 aromatic heterocycles. The first-order valence-corrected chi connectivity index (χ1v) is 11.7. The van der Waals surface area contributed by atoms with E-state index in [9.17, 15) is 0 Å². The second-order valence-corrected chi connectivity index (χ2v) is 11.1. The lowest BCUT2D eigenvalue weighted by molar-refractivity contribution is -0.117. The lowest BCUT2D eigenvalue weighted by Crippen LogP contribution is -2.53. The molecule has 0 spiro atoms. The summed E-state index contributed by atoms with van der Waals surface area (Å²) in [7, 11) is 0. The van der Waals surface area contributed by atoms with Crippen molar-refractivity contribution in [2.24, 2.45) is 52.2 Å². The first kappa shape index (κ1) is 19.6. The fraction of sp³-hybridized carbons (Fsp3) is 0.917. The number of fused-ring (bicyclic) bond motifs is 5. The van der Waals surface area contributed by atoms with Gasteiger partial charge in [-0.3, -0.25) is 0 Å². The summed E-state index contributed by atoms with van der Waals surface area (Å²) in [6.07, 6.45) is 14.5. The minimum atomic E-state index is 0.496. The van der Waals surface area contributed by atoms with Crippen molar-refractivity contribution in [1.29, 1.82) is 0 Å². The van der Waals surface area contributed by atoms with Gasteiger partial charge in [0.15, 0.2) is 0 Å². The molecule has 0 aromatic rings. The van der Waals surface area contributed by atoms with Crippen LogP contribution in [-0.4, -0.2) is 6.54 Å². The molecular formula is C24H42N2O. The predicted octanol–water partition coefficient (Wildman–Crippen LogP) is 5.62. The first-order chi connectivity index (χ1) is 12.9. The third kappa shape index (κ3) is 3.22. The van der Waals surface area contributed by atoms with Gasteiger partial charge in [0.1, 0.15) is 0 Å². The predicted molar refractivity (Wildman–Crippen MR) is 111 cm³/mol. The van der Waals surface area contributed by atoms with Gasteiger partial charge in [-0.2, -0.15) is 5.90 Å². The van der Waals surface area contributed by atoms with E-state index in [1.165, 1.54) is 64.2 Å². The van der Waals surface area contributed by atoms with Gasteiger partial charge in [0, 0.05) is 6.54 Å². The average Bonchev–Trinajstić information content (AvgIpc) is 2.99. The third-order valence-electron chi connectivity index (χ3n) is 10.1. The molecule has 3 N–H and O–H groups in total. The van der Waals surface area contributed by atoms with Crippen LogP contribution < -0.4 is 11.2 Å². The highest BCUT2D eigenvalue weighted by atomic mass is 16.6. The summed E-state index contributed by atoms with van der Waals surface area (Å²) in [5.41, 5.74) is 1.20. The summed E-state index contributed by atoms with van der Waals surface area (Å²) >= 11 is 0. The molecule has 3 nitrogen and oxygen atoms in total. The van der Waals surface area contributed by atoms with E-state index in [-0.39, 0.29) is 0 Å². The van der Waals surface area contributed by atoms with E-state index in [2.05, 4.69) is 37.5 Å². The van der Waals surface area contributed by atoms with Gasteiger partial charge in [-0.1, -0.05) is 27.2 Å². The van der Waals surface area contributed by atoms with E-state index in [0.29, 0.717) is 16.7 Å². The summed E-state index contributed by atoms with van der Waals surface area (Å²) in [6.45, 7) is 12.5. The molecular weight excluding hydrogens is 332 g/mol. The largest absolute Gasteiger partial charge is 0.394 e. The van der Waals surface area contributed by atoms with Crippen LogP contribution in [0.15, 0.2) is 12.5 Å². The van der Waals surface area contributed by atoms with Crippen molar-refractivity contribution in [2.45, 2.75) is 85.0 Å².